The highest BCUT2D eigenvalue weighted by molar-refractivity contribution is 5.40. The molecule has 1 aliphatic carbocycles. The first-order chi connectivity index (χ1) is 4.02. The SMILES string of the molecule is CC1(OC=O)CC1(F)F. The van der Waals surface area contributed by atoms with Gasteiger partial charge < -0.3 is 4.74 Å². The number of halogens is 2. The van der Waals surface area contributed by atoms with Gasteiger partial charge in [0.25, 0.3) is 12.4 Å². The third kappa shape index (κ3) is 0.781. The van der Waals surface area contributed by atoms with Crippen molar-refractivity contribution in [3.63, 3.8) is 0 Å². The molecule has 0 bridgehead atoms. The number of hydrogen-bond acceptors (Lipinski definition) is 2. The molecule has 1 unspecified atom stereocenters. The lowest BCUT2D eigenvalue weighted by Gasteiger charge is -2.05. The minimum absolute atomic E-state index is 0.0565. The molecule has 0 aliphatic heterocycles. The Balaban J connectivity index is 2.52. The quantitative estimate of drug-likeness (QED) is 0.528. The summed E-state index contributed by atoms with van der Waals surface area (Å²) in [6.07, 6.45) is -0.348. The Morgan fingerprint density at radius 1 is 1.67 bits per heavy atom. The summed E-state index contributed by atoms with van der Waals surface area (Å²) in [5.74, 6) is -2.80. The smallest absolute Gasteiger partial charge is 0.293 e. The summed E-state index contributed by atoms with van der Waals surface area (Å²) in [5, 5.41) is 0. The number of carbonyl (C=O) groups excluding carboxylic acids is 1. The van der Waals surface area contributed by atoms with Gasteiger partial charge in [0.2, 0.25) is 0 Å². The molecule has 1 rings (SSSR count). The lowest BCUT2D eigenvalue weighted by Crippen LogP contribution is -2.17. The molecule has 0 amide bonds. The van der Waals surface area contributed by atoms with E-state index >= 15 is 0 Å². The van der Waals surface area contributed by atoms with Crippen LogP contribution in [0.4, 0.5) is 8.78 Å². The highest BCUT2D eigenvalue weighted by Crippen LogP contribution is 2.54. The van der Waals surface area contributed by atoms with Gasteiger partial charge in [0.15, 0.2) is 5.60 Å². The Morgan fingerprint density at radius 3 is 2.22 bits per heavy atom. The van der Waals surface area contributed by atoms with Gasteiger partial charge in [0.05, 0.1) is 6.42 Å². The average molecular weight is 136 g/mol. The zero-order valence-electron chi connectivity index (χ0n) is 4.86. The summed E-state index contributed by atoms with van der Waals surface area (Å²) < 4.78 is 28.3. The highest BCUT2D eigenvalue weighted by Gasteiger charge is 2.71. The molecular formula is C5H6F2O2. The minimum atomic E-state index is -2.80. The second-order valence-electron chi connectivity index (χ2n) is 2.33. The molecule has 1 fully saturated rings. The number of ether oxygens (including phenoxy) is 1. The van der Waals surface area contributed by atoms with Crippen LogP contribution in [0.5, 0.6) is 0 Å². The van der Waals surface area contributed by atoms with Crippen LogP contribution in [-0.4, -0.2) is 18.0 Å². The zero-order valence-corrected chi connectivity index (χ0v) is 4.86. The van der Waals surface area contributed by atoms with Crippen molar-refractivity contribution in [2.45, 2.75) is 24.9 Å². The molecule has 0 radical (unpaired) electrons. The predicted molar refractivity (Wildman–Crippen MR) is 25.1 cm³/mol. The number of rotatable bonds is 2. The molecule has 1 aliphatic rings. The van der Waals surface area contributed by atoms with E-state index in [1.54, 1.807) is 0 Å². The van der Waals surface area contributed by atoms with E-state index in [1.165, 1.54) is 6.92 Å². The van der Waals surface area contributed by atoms with Crippen LogP contribution in [-0.2, 0) is 9.53 Å². The predicted octanol–water partition coefficient (Wildman–Crippen LogP) is 0.957. The van der Waals surface area contributed by atoms with Gasteiger partial charge in [0, 0.05) is 0 Å². The van der Waals surface area contributed by atoms with Crippen molar-refractivity contribution in [1.29, 1.82) is 0 Å². The maximum absolute atomic E-state index is 12.1. The van der Waals surface area contributed by atoms with Crippen molar-refractivity contribution in [1.82, 2.24) is 0 Å². The number of alkyl halides is 2. The summed E-state index contributed by atoms with van der Waals surface area (Å²) in [4.78, 5) is 9.59. The second kappa shape index (κ2) is 1.43. The van der Waals surface area contributed by atoms with Crippen molar-refractivity contribution in [3.05, 3.63) is 0 Å². The molecule has 0 saturated heterocycles. The molecule has 0 aromatic rings. The largest absolute Gasteiger partial charge is 0.455 e. The Kier molecular flexibility index (Phi) is 1.03. The van der Waals surface area contributed by atoms with E-state index < -0.39 is 11.5 Å². The van der Waals surface area contributed by atoms with Crippen LogP contribution in [0.15, 0.2) is 0 Å². The fourth-order valence-corrected chi connectivity index (χ4v) is 0.614. The lowest BCUT2D eigenvalue weighted by atomic mass is 10.4. The van der Waals surface area contributed by atoms with Crippen LogP contribution in [0.1, 0.15) is 13.3 Å². The molecule has 4 heteroatoms. The van der Waals surface area contributed by atoms with Crippen molar-refractivity contribution < 1.29 is 18.3 Å². The van der Waals surface area contributed by atoms with E-state index in [0.717, 1.165) is 0 Å². The van der Waals surface area contributed by atoms with Gasteiger partial charge in [0.1, 0.15) is 0 Å². The Bertz CT molecular complexity index is 146. The summed E-state index contributed by atoms with van der Waals surface area (Å²) >= 11 is 0. The average Bonchev–Trinajstić information content (AvgIpc) is 2.07. The Labute approximate surface area is 50.8 Å². The van der Waals surface area contributed by atoms with Gasteiger partial charge in [-0.05, 0) is 6.92 Å². The van der Waals surface area contributed by atoms with Gasteiger partial charge in [-0.3, -0.25) is 4.79 Å². The van der Waals surface area contributed by atoms with Crippen molar-refractivity contribution in [3.8, 4) is 0 Å². The van der Waals surface area contributed by atoms with Gasteiger partial charge in [-0.2, -0.15) is 0 Å². The van der Waals surface area contributed by atoms with E-state index in [4.69, 9.17) is 0 Å². The van der Waals surface area contributed by atoms with Gasteiger partial charge >= 0.3 is 0 Å². The topological polar surface area (TPSA) is 26.3 Å². The van der Waals surface area contributed by atoms with Crippen LogP contribution in [0.2, 0.25) is 0 Å². The van der Waals surface area contributed by atoms with E-state index in [0.29, 0.717) is 0 Å². The molecule has 1 atom stereocenters. The minimum Gasteiger partial charge on any atom is -0.455 e. The maximum atomic E-state index is 12.1. The molecule has 0 spiro atoms. The van der Waals surface area contributed by atoms with E-state index in [1.807, 2.05) is 0 Å². The fourth-order valence-electron chi connectivity index (χ4n) is 0.614. The Morgan fingerprint density at radius 2 is 2.11 bits per heavy atom. The van der Waals surface area contributed by atoms with Crippen LogP contribution in [0.3, 0.4) is 0 Å². The molecule has 0 N–H and O–H groups in total. The first kappa shape index (κ1) is 6.45. The second-order valence-corrected chi connectivity index (χ2v) is 2.33. The maximum Gasteiger partial charge on any atom is 0.293 e. The molecular weight excluding hydrogens is 130 g/mol. The molecule has 52 valence electrons. The van der Waals surface area contributed by atoms with Gasteiger partial charge in [-0.15, -0.1) is 0 Å². The van der Waals surface area contributed by atoms with Crippen LogP contribution in [0.25, 0.3) is 0 Å². The standard InChI is InChI=1S/C5H6F2O2/c1-4(9-3-8)2-5(4,6)7/h3H,2H2,1H3. The molecule has 0 aromatic carbocycles. The molecule has 2 nitrogen and oxygen atoms in total. The number of hydrogen-bond donors (Lipinski definition) is 0. The van der Waals surface area contributed by atoms with Crippen molar-refractivity contribution in [2.75, 3.05) is 0 Å². The highest BCUT2D eigenvalue weighted by atomic mass is 19.3. The first-order valence-corrected chi connectivity index (χ1v) is 2.51. The third-order valence-electron chi connectivity index (χ3n) is 1.52. The van der Waals surface area contributed by atoms with E-state index in [9.17, 15) is 13.6 Å². The summed E-state index contributed by atoms with van der Waals surface area (Å²) in [6, 6.07) is 0. The van der Waals surface area contributed by atoms with Gasteiger partial charge in [-0.1, -0.05) is 0 Å². The molecule has 1 saturated carbocycles. The molecule has 0 heterocycles. The van der Waals surface area contributed by atoms with Crippen LogP contribution >= 0.6 is 0 Å². The van der Waals surface area contributed by atoms with Crippen molar-refractivity contribution >= 4 is 6.47 Å². The van der Waals surface area contributed by atoms with E-state index in [2.05, 4.69) is 4.74 Å². The van der Waals surface area contributed by atoms with Crippen LogP contribution in [0, 0.1) is 0 Å². The summed E-state index contributed by atoms with van der Waals surface area (Å²) in [5.41, 5.74) is -1.51. The molecule has 9 heavy (non-hydrogen) atoms. The van der Waals surface area contributed by atoms with Crippen molar-refractivity contribution in [2.24, 2.45) is 0 Å². The first-order valence-electron chi connectivity index (χ1n) is 2.51. The molecule has 0 aromatic heterocycles. The normalized spacial score (nSPS) is 37.7. The lowest BCUT2D eigenvalue weighted by molar-refractivity contribution is -0.140. The summed E-state index contributed by atoms with van der Waals surface area (Å²) in [6.45, 7) is 1.27. The third-order valence-corrected chi connectivity index (χ3v) is 1.52. The summed E-state index contributed by atoms with van der Waals surface area (Å²) in [7, 11) is 0. The fraction of sp³-hybridized carbons (Fsp3) is 0.800. The number of carbonyl (C=O) groups is 1. The zero-order chi connectivity index (χ0) is 7.12. The van der Waals surface area contributed by atoms with Crippen LogP contribution < -0.4 is 0 Å². The Hall–Kier alpha value is -0.670. The van der Waals surface area contributed by atoms with Gasteiger partial charge in [-0.25, -0.2) is 8.78 Å². The van der Waals surface area contributed by atoms with E-state index in [-0.39, 0.29) is 12.9 Å². The monoisotopic (exact) mass is 136 g/mol.